The fourth-order valence-corrected chi connectivity index (χ4v) is 5.57. The van der Waals surface area contributed by atoms with Gasteiger partial charge in [-0.25, -0.2) is 13.1 Å². The predicted octanol–water partition coefficient (Wildman–Crippen LogP) is 4.77. The highest BCUT2D eigenvalue weighted by Gasteiger charge is 2.29. The van der Waals surface area contributed by atoms with E-state index in [0.717, 1.165) is 16.8 Å². The Kier molecular flexibility index (Phi) is 6.22. The molecule has 0 fully saturated rings. The lowest BCUT2D eigenvalue weighted by Gasteiger charge is -2.36. The van der Waals surface area contributed by atoms with Crippen LogP contribution in [0.3, 0.4) is 0 Å². The summed E-state index contributed by atoms with van der Waals surface area (Å²) < 4.78 is 28.7. The molecule has 158 valence electrons. The van der Waals surface area contributed by atoms with Crippen LogP contribution in [0.5, 0.6) is 0 Å². The Morgan fingerprint density at radius 3 is 2.48 bits per heavy atom. The number of halogens is 2. The minimum Gasteiger partial charge on any atom is -0.365 e. The number of anilines is 1. The third kappa shape index (κ3) is 5.03. The molecule has 8 heteroatoms. The number of hydrogen-bond acceptors (Lipinski definition) is 4. The highest BCUT2D eigenvalue weighted by molar-refractivity contribution is 7.89. The molecule has 0 aromatic heterocycles. The van der Waals surface area contributed by atoms with E-state index < -0.39 is 10.0 Å². The Balaban J connectivity index is 1.65. The van der Waals surface area contributed by atoms with Crippen LogP contribution in [-0.4, -0.2) is 21.0 Å². The van der Waals surface area contributed by atoms with Gasteiger partial charge in [0.05, 0.1) is 16.5 Å². The van der Waals surface area contributed by atoms with Gasteiger partial charge in [-0.3, -0.25) is 0 Å². The van der Waals surface area contributed by atoms with E-state index in [-0.39, 0.29) is 10.9 Å². The van der Waals surface area contributed by atoms with Crippen LogP contribution in [0.1, 0.15) is 16.7 Å². The Bertz CT molecular complexity index is 1270. The van der Waals surface area contributed by atoms with Crippen LogP contribution in [0.25, 0.3) is 0 Å². The van der Waals surface area contributed by atoms with Crippen LogP contribution in [0.15, 0.2) is 71.6 Å². The molecule has 4 rings (SSSR count). The minimum absolute atomic E-state index is 0.123. The second-order valence-corrected chi connectivity index (χ2v) is 10.0. The van der Waals surface area contributed by atoms with Gasteiger partial charge in [0, 0.05) is 34.9 Å². The number of nitriles is 1. The van der Waals surface area contributed by atoms with Crippen molar-refractivity contribution in [2.24, 2.45) is 0 Å². The van der Waals surface area contributed by atoms with E-state index in [0.29, 0.717) is 35.1 Å². The molecule has 31 heavy (non-hydrogen) atoms. The first-order chi connectivity index (χ1) is 14.8. The van der Waals surface area contributed by atoms with Gasteiger partial charge < -0.3 is 4.90 Å². The Hall–Kier alpha value is -2.56. The summed E-state index contributed by atoms with van der Waals surface area (Å²) in [6.07, 6.45) is 0.483. The second-order valence-electron chi connectivity index (χ2n) is 7.45. The Morgan fingerprint density at radius 2 is 1.77 bits per heavy atom. The molecule has 3 aromatic rings. The molecule has 0 spiro atoms. The molecular formula is C23H19Cl2N3O2S. The molecule has 1 aliphatic heterocycles. The number of hydrogen-bond donors (Lipinski definition) is 1. The molecule has 0 amide bonds. The summed E-state index contributed by atoms with van der Waals surface area (Å²) in [6.45, 7) is 1.04. The lowest BCUT2D eigenvalue weighted by Crippen LogP contribution is -2.48. The molecule has 1 atom stereocenters. The average Bonchev–Trinajstić information content (AvgIpc) is 2.73. The van der Waals surface area contributed by atoms with Crippen molar-refractivity contribution >= 4 is 38.9 Å². The van der Waals surface area contributed by atoms with Gasteiger partial charge in [-0.15, -0.1) is 0 Å². The van der Waals surface area contributed by atoms with Crippen LogP contribution in [-0.2, 0) is 23.0 Å². The molecule has 0 unspecified atom stereocenters. The van der Waals surface area contributed by atoms with Gasteiger partial charge in [0.15, 0.2) is 0 Å². The molecule has 0 saturated heterocycles. The maximum absolute atomic E-state index is 12.9. The fourth-order valence-electron chi connectivity index (χ4n) is 3.83. The van der Waals surface area contributed by atoms with E-state index in [1.54, 1.807) is 18.2 Å². The lowest BCUT2D eigenvalue weighted by atomic mass is 9.96. The van der Waals surface area contributed by atoms with Gasteiger partial charge >= 0.3 is 0 Å². The monoisotopic (exact) mass is 471 g/mol. The molecule has 0 aliphatic carbocycles. The number of fused-ring (bicyclic) bond motifs is 1. The van der Waals surface area contributed by atoms with Crippen molar-refractivity contribution in [3.8, 4) is 6.07 Å². The van der Waals surface area contributed by atoms with E-state index in [9.17, 15) is 13.7 Å². The summed E-state index contributed by atoms with van der Waals surface area (Å²) >= 11 is 12.1. The van der Waals surface area contributed by atoms with Gasteiger partial charge in [0.1, 0.15) is 0 Å². The summed E-state index contributed by atoms with van der Waals surface area (Å²) in [5, 5.41) is 10.3. The molecule has 1 aliphatic rings. The number of nitrogens with one attached hydrogen (secondary N) is 1. The summed E-state index contributed by atoms with van der Waals surface area (Å²) in [6, 6.07) is 21.1. The van der Waals surface area contributed by atoms with E-state index in [1.165, 1.54) is 12.1 Å². The fraction of sp³-hybridized carbons (Fsp3) is 0.174. The number of sulfonamides is 1. The highest BCUT2D eigenvalue weighted by atomic mass is 35.5. The van der Waals surface area contributed by atoms with Crippen molar-refractivity contribution in [3.63, 3.8) is 0 Å². The van der Waals surface area contributed by atoms with Gasteiger partial charge in [-0.05, 0) is 66.1 Å². The van der Waals surface area contributed by atoms with E-state index >= 15 is 0 Å². The molecule has 5 nitrogen and oxygen atoms in total. The first-order valence-electron chi connectivity index (χ1n) is 9.64. The average molecular weight is 472 g/mol. The molecule has 3 aromatic carbocycles. The Labute approximate surface area is 191 Å². The standard InChI is InChI=1S/C23H19Cl2N3O2S/c24-19-4-1-3-17(10-19)14-28-15-21(11-18-9-16(13-26)7-8-23(18)28)27-31(29,30)22-6-2-5-20(25)12-22/h1-10,12,21,27H,11,14-15H2/t21-/m0/s1. The zero-order chi connectivity index (χ0) is 22.0. The first-order valence-corrected chi connectivity index (χ1v) is 11.9. The highest BCUT2D eigenvalue weighted by Crippen LogP contribution is 2.30. The molecular weight excluding hydrogens is 453 g/mol. The SMILES string of the molecule is N#Cc1ccc2c(c1)C[C@H](NS(=O)(=O)c1cccc(Cl)c1)CN2Cc1cccc(Cl)c1. The molecule has 0 saturated carbocycles. The van der Waals surface area contributed by atoms with Crippen LogP contribution >= 0.6 is 23.2 Å². The van der Waals surface area contributed by atoms with Crippen molar-refractivity contribution in [1.29, 1.82) is 5.26 Å². The van der Waals surface area contributed by atoms with Gasteiger partial charge in [0.25, 0.3) is 0 Å². The van der Waals surface area contributed by atoms with Gasteiger partial charge in [-0.1, -0.05) is 41.4 Å². The minimum atomic E-state index is -3.75. The van der Waals surface area contributed by atoms with Gasteiger partial charge in [-0.2, -0.15) is 5.26 Å². The first kappa shape index (κ1) is 21.7. The zero-order valence-electron chi connectivity index (χ0n) is 16.4. The number of benzene rings is 3. The third-order valence-electron chi connectivity index (χ3n) is 5.15. The number of rotatable bonds is 5. The summed E-state index contributed by atoms with van der Waals surface area (Å²) in [5.74, 6) is 0. The smallest absolute Gasteiger partial charge is 0.240 e. The van der Waals surface area contributed by atoms with Crippen LogP contribution < -0.4 is 9.62 Å². The summed E-state index contributed by atoms with van der Waals surface area (Å²) in [5.41, 5.74) is 3.46. The quantitative estimate of drug-likeness (QED) is 0.581. The molecule has 1 heterocycles. The largest absolute Gasteiger partial charge is 0.365 e. The Morgan fingerprint density at radius 1 is 1.03 bits per heavy atom. The molecule has 0 bridgehead atoms. The van der Waals surface area contributed by atoms with E-state index in [4.69, 9.17) is 23.2 Å². The van der Waals surface area contributed by atoms with Crippen molar-refractivity contribution in [2.75, 3.05) is 11.4 Å². The van der Waals surface area contributed by atoms with Crippen molar-refractivity contribution in [3.05, 3.63) is 93.5 Å². The molecule has 1 N–H and O–H groups in total. The van der Waals surface area contributed by atoms with Crippen molar-refractivity contribution in [1.82, 2.24) is 4.72 Å². The number of nitrogens with zero attached hydrogens (tertiary/aromatic N) is 2. The van der Waals surface area contributed by atoms with Crippen LogP contribution in [0.2, 0.25) is 10.0 Å². The molecule has 0 radical (unpaired) electrons. The summed E-state index contributed by atoms with van der Waals surface area (Å²) in [4.78, 5) is 2.23. The van der Waals surface area contributed by atoms with Gasteiger partial charge in [0.2, 0.25) is 10.0 Å². The van der Waals surface area contributed by atoms with E-state index in [2.05, 4.69) is 15.7 Å². The second kappa shape index (κ2) is 8.89. The predicted molar refractivity (Wildman–Crippen MR) is 123 cm³/mol. The van der Waals surface area contributed by atoms with Crippen molar-refractivity contribution < 1.29 is 8.42 Å². The van der Waals surface area contributed by atoms with Crippen LogP contribution in [0.4, 0.5) is 5.69 Å². The zero-order valence-corrected chi connectivity index (χ0v) is 18.8. The van der Waals surface area contributed by atoms with Crippen LogP contribution in [0, 0.1) is 11.3 Å². The normalized spacial score (nSPS) is 15.9. The maximum atomic E-state index is 12.9. The third-order valence-corrected chi connectivity index (χ3v) is 7.14. The van der Waals surface area contributed by atoms with E-state index in [1.807, 2.05) is 36.4 Å². The topological polar surface area (TPSA) is 73.2 Å². The van der Waals surface area contributed by atoms with Crippen molar-refractivity contribution in [2.45, 2.75) is 23.9 Å². The lowest BCUT2D eigenvalue weighted by molar-refractivity contribution is 0.524. The summed E-state index contributed by atoms with van der Waals surface area (Å²) in [7, 11) is -3.75. The maximum Gasteiger partial charge on any atom is 0.240 e.